The minimum atomic E-state index is 0.302. The highest BCUT2D eigenvalue weighted by molar-refractivity contribution is 6.33. The Morgan fingerprint density at radius 3 is 2.21 bits per heavy atom. The predicted molar refractivity (Wildman–Crippen MR) is 86.2 cm³/mol. The molecular weight excluding hydrogens is 277 g/mol. The van der Waals surface area contributed by atoms with E-state index in [-0.39, 0.29) is 0 Å². The molecule has 0 aliphatic heterocycles. The number of rotatable bonds is 8. The second-order valence-corrected chi connectivity index (χ2v) is 5.88. The standard InChI is InChI=1S/C16H25Cl2N/c1-4-7-12(8-5-2)16(19-6-3)14-11-13(17)9-10-15(14)18/h9-12,16,19H,4-8H2,1-3H3. The molecule has 1 rings (SSSR count). The summed E-state index contributed by atoms with van der Waals surface area (Å²) in [5, 5.41) is 5.16. The molecule has 0 saturated heterocycles. The molecule has 108 valence electrons. The third-order valence-electron chi connectivity index (χ3n) is 3.51. The van der Waals surface area contributed by atoms with Gasteiger partial charge in [-0.25, -0.2) is 0 Å². The molecule has 0 amide bonds. The zero-order valence-electron chi connectivity index (χ0n) is 12.2. The zero-order valence-corrected chi connectivity index (χ0v) is 13.7. The summed E-state index contributed by atoms with van der Waals surface area (Å²) in [4.78, 5) is 0. The van der Waals surface area contributed by atoms with Gasteiger partial charge < -0.3 is 5.32 Å². The molecule has 0 spiro atoms. The number of hydrogen-bond acceptors (Lipinski definition) is 1. The molecule has 1 aromatic carbocycles. The Hall–Kier alpha value is -0.240. The highest BCUT2D eigenvalue weighted by atomic mass is 35.5. The molecule has 0 bridgehead atoms. The lowest BCUT2D eigenvalue weighted by Crippen LogP contribution is -2.28. The van der Waals surface area contributed by atoms with E-state index in [2.05, 4.69) is 26.1 Å². The molecule has 0 aliphatic rings. The van der Waals surface area contributed by atoms with Crippen molar-refractivity contribution >= 4 is 23.2 Å². The van der Waals surface area contributed by atoms with E-state index in [0.29, 0.717) is 12.0 Å². The first-order chi connectivity index (χ1) is 9.13. The summed E-state index contributed by atoms with van der Waals surface area (Å²) in [6.07, 6.45) is 4.83. The second-order valence-electron chi connectivity index (χ2n) is 5.04. The van der Waals surface area contributed by atoms with Crippen molar-refractivity contribution in [1.82, 2.24) is 5.32 Å². The minimum absolute atomic E-state index is 0.302. The second kappa shape index (κ2) is 8.84. The fourth-order valence-corrected chi connectivity index (χ4v) is 3.14. The monoisotopic (exact) mass is 301 g/mol. The van der Waals surface area contributed by atoms with Gasteiger partial charge in [0.05, 0.1) is 0 Å². The van der Waals surface area contributed by atoms with Gasteiger partial charge >= 0.3 is 0 Å². The molecule has 0 aliphatic carbocycles. The molecule has 0 radical (unpaired) electrons. The smallest absolute Gasteiger partial charge is 0.0454 e. The molecule has 1 unspecified atom stereocenters. The van der Waals surface area contributed by atoms with Gasteiger partial charge in [-0.05, 0) is 49.1 Å². The quantitative estimate of drug-likeness (QED) is 0.634. The van der Waals surface area contributed by atoms with Crippen molar-refractivity contribution in [3.63, 3.8) is 0 Å². The molecule has 0 aromatic heterocycles. The van der Waals surface area contributed by atoms with Crippen molar-refractivity contribution in [2.45, 2.75) is 52.5 Å². The average molecular weight is 302 g/mol. The van der Waals surface area contributed by atoms with Crippen molar-refractivity contribution in [3.8, 4) is 0 Å². The third-order valence-corrected chi connectivity index (χ3v) is 4.09. The van der Waals surface area contributed by atoms with Crippen molar-refractivity contribution in [2.24, 2.45) is 5.92 Å². The Bertz CT molecular complexity index is 373. The first-order valence-corrected chi connectivity index (χ1v) is 8.07. The van der Waals surface area contributed by atoms with E-state index in [4.69, 9.17) is 23.2 Å². The lowest BCUT2D eigenvalue weighted by atomic mass is 9.86. The van der Waals surface area contributed by atoms with Crippen molar-refractivity contribution < 1.29 is 0 Å². The van der Waals surface area contributed by atoms with Crippen molar-refractivity contribution in [2.75, 3.05) is 6.54 Å². The highest BCUT2D eigenvalue weighted by Gasteiger charge is 2.23. The predicted octanol–water partition coefficient (Wildman–Crippen LogP) is 5.86. The van der Waals surface area contributed by atoms with Crippen LogP contribution in [-0.2, 0) is 0 Å². The van der Waals surface area contributed by atoms with Gasteiger partial charge in [-0.2, -0.15) is 0 Å². The lowest BCUT2D eigenvalue weighted by Gasteiger charge is -2.29. The SMILES string of the molecule is CCCC(CCC)C(NCC)c1cc(Cl)ccc1Cl. The van der Waals surface area contributed by atoms with Gasteiger partial charge in [0, 0.05) is 16.1 Å². The molecule has 19 heavy (non-hydrogen) atoms. The van der Waals surface area contributed by atoms with Crippen LogP contribution in [0.25, 0.3) is 0 Å². The molecule has 1 N–H and O–H groups in total. The van der Waals surface area contributed by atoms with Crippen LogP contribution in [0.15, 0.2) is 18.2 Å². The Balaban J connectivity index is 3.05. The molecule has 0 saturated carbocycles. The largest absolute Gasteiger partial charge is 0.310 e. The van der Waals surface area contributed by atoms with Crippen LogP contribution in [-0.4, -0.2) is 6.54 Å². The summed E-state index contributed by atoms with van der Waals surface area (Å²) in [5.74, 6) is 0.617. The number of nitrogens with one attached hydrogen (secondary N) is 1. The van der Waals surface area contributed by atoms with Crippen LogP contribution in [0, 0.1) is 5.92 Å². The van der Waals surface area contributed by atoms with E-state index >= 15 is 0 Å². The number of hydrogen-bond donors (Lipinski definition) is 1. The lowest BCUT2D eigenvalue weighted by molar-refractivity contribution is 0.320. The molecule has 0 heterocycles. The first-order valence-electron chi connectivity index (χ1n) is 7.32. The number of halogens is 2. The van der Waals surface area contributed by atoms with Gasteiger partial charge in [-0.1, -0.05) is 56.8 Å². The first kappa shape index (κ1) is 16.8. The Labute approximate surface area is 127 Å². The van der Waals surface area contributed by atoms with E-state index < -0.39 is 0 Å². The maximum Gasteiger partial charge on any atom is 0.0454 e. The molecule has 3 heteroatoms. The minimum Gasteiger partial charge on any atom is -0.310 e. The van der Waals surface area contributed by atoms with E-state index in [1.807, 2.05) is 18.2 Å². The molecule has 1 atom stereocenters. The fourth-order valence-electron chi connectivity index (χ4n) is 2.72. The summed E-state index contributed by atoms with van der Waals surface area (Å²) in [5.41, 5.74) is 1.14. The van der Waals surface area contributed by atoms with Gasteiger partial charge in [0.1, 0.15) is 0 Å². The molecule has 1 aromatic rings. The summed E-state index contributed by atoms with van der Waals surface area (Å²) in [6, 6.07) is 6.06. The van der Waals surface area contributed by atoms with Gasteiger partial charge in [-0.15, -0.1) is 0 Å². The maximum absolute atomic E-state index is 6.37. The molecule has 0 fully saturated rings. The van der Waals surface area contributed by atoms with Crippen LogP contribution in [0.5, 0.6) is 0 Å². The van der Waals surface area contributed by atoms with Crippen LogP contribution in [0.2, 0.25) is 10.0 Å². The van der Waals surface area contributed by atoms with Gasteiger partial charge in [0.25, 0.3) is 0 Å². The summed E-state index contributed by atoms with van der Waals surface area (Å²) in [7, 11) is 0. The fraction of sp³-hybridized carbons (Fsp3) is 0.625. The van der Waals surface area contributed by atoms with Crippen LogP contribution < -0.4 is 5.32 Å². The van der Waals surface area contributed by atoms with Crippen LogP contribution in [0.1, 0.15) is 58.1 Å². The zero-order chi connectivity index (χ0) is 14.3. The van der Waals surface area contributed by atoms with Crippen LogP contribution in [0.3, 0.4) is 0 Å². The van der Waals surface area contributed by atoms with Gasteiger partial charge in [-0.3, -0.25) is 0 Å². The normalized spacial score (nSPS) is 12.9. The van der Waals surface area contributed by atoms with Crippen molar-refractivity contribution in [3.05, 3.63) is 33.8 Å². The molecular formula is C16H25Cl2N. The Kier molecular flexibility index (Phi) is 7.82. The average Bonchev–Trinajstić information content (AvgIpc) is 2.39. The Morgan fingerprint density at radius 1 is 1.05 bits per heavy atom. The highest BCUT2D eigenvalue weighted by Crippen LogP contribution is 2.35. The summed E-state index contributed by atoms with van der Waals surface area (Å²) >= 11 is 12.5. The van der Waals surface area contributed by atoms with E-state index in [1.54, 1.807) is 0 Å². The number of benzene rings is 1. The van der Waals surface area contributed by atoms with E-state index in [0.717, 1.165) is 22.2 Å². The maximum atomic E-state index is 6.37. The summed E-state index contributed by atoms with van der Waals surface area (Å²) < 4.78 is 0. The van der Waals surface area contributed by atoms with E-state index in [9.17, 15) is 0 Å². The third kappa shape index (κ3) is 4.98. The topological polar surface area (TPSA) is 12.0 Å². The van der Waals surface area contributed by atoms with Gasteiger partial charge in [0.2, 0.25) is 0 Å². The van der Waals surface area contributed by atoms with E-state index in [1.165, 1.54) is 25.7 Å². The van der Waals surface area contributed by atoms with Gasteiger partial charge in [0.15, 0.2) is 0 Å². The van der Waals surface area contributed by atoms with Crippen LogP contribution in [0.4, 0.5) is 0 Å². The Morgan fingerprint density at radius 2 is 1.68 bits per heavy atom. The summed E-state index contributed by atoms with van der Waals surface area (Å²) in [6.45, 7) is 7.56. The van der Waals surface area contributed by atoms with Crippen molar-refractivity contribution in [1.29, 1.82) is 0 Å². The van der Waals surface area contributed by atoms with Crippen LogP contribution >= 0.6 is 23.2 Å². The molecule has 1 nitrogen and oxygen atoms in total.